The molecule has 2 aromatic rings. The minimum Gasteiger partial charge on any atom is -0.399 e. The van der Waals surface area contributed by atoms with Gasteiger partial charge in [0.2, 0.25) is 0 Å². The van der Waals surface area contributed by atoms with Gasteiger partial charge in [0.25, 0.3) is 0 Å². The Bertz CT molecular complexity index is 573. The zero-order chi connectivity index (χ0) is 13.2. The maximum Gasteiger partial charge on any atom is 0.133 e. The summed E-state index contributed by atoms with van der Waals surface area (Å²) in [5, 5.41) is 7.69. The summed E-state index contributed by atoms with van der Waals surface area (Å²) in [4.78, 5) is 0. The standard InChI is InChI=1S/C14H17FN4/c15-14-7-11(16)1-2-13(14)10-8-18-19(9-10)12-3-5-17-6-4-12/h1-2,7-9,12,17H,3-6,16H2. The van der Waals surface area contributed by atoms with E-state index in [1.54, 1.807) is 18.3 Å². The molecule has 1 aliphatic heterocycles. The number of rotatable bonds is 2. The zero-order valence-corrected chi connectivity index (χ0v) is 10.6. The summed E-state index contributed by atoms with van der Waals surface area (Å²) in [6.45, 7) is 2.02. The van der Waals surface area contributed by atoms with E-state index in [9.17, 15) is 4.39 Å². The van der Waals surface area contributed by atoms with Crippen molar-refractivity contribution in [2.45, 2.75) is 18.9 Å². The summed E-state index contributed by atoms with van der Waals surface area (Å²) in [5.74, 6) is -0.301. The molecule has 1 aromatic heterocycles. The van der Waals surface area contributed by atoms with Crippen LogP contribution in [0.5, 0.6) is 0 Å². The number of nitrogen functional groups attached to an aromatic ring is 1. The molecule has 0 aliphatic carbocycles. The van der Waals surface area contributed by atoms with E-state index in [1.807, 2.05) is 10.9 Å². The first-order valence-corrected chi connectivity index (χ1v) is 6.54. The number of anilines is 1. The molecule has 0 spiro atoms. The van der Waals surface area contributed by atoms with Crippen molar-refractivity contribution in [1.82, 2.24) is 15.1 Å². The van der Waals surface area contributed by atoms with Crippen LogP contribution in [0.15, 0.2) is 30.6 Å². The lowest BCUT2D eigenvalue weighted by Crippen LogP contribution is -2.29. The Morgan fingerprint density at radius 3 is 2.84 bits per heavy atom. The largest absolute Gasteiger partial charge is 0.399 e. The lowest BCUT2D eigenvalue weighted by atomic mass is 10.1. The van der Waals surface area contributed by atoms with Crippen molar-refractivity contribution >= 4 is 5.69 Å². The molecule has 0 radical (unpaired) electrons. The first-order valence-electron chi connectivity index (χ1n) is 6.54. The fourth-order valence-electron chi connectivity index (χ4n) is 2.51. The molecular formula is C14H17FN4. The molecule has 0 saturated carbocycles. The van der Waals surface area contributed by atoms with Crippen LogP contribution in [0.3, 0.4) is 0 Å². The van der Waals surface area contributed by atoms with Crippen molar-refractivity contribution in [2.75, 3.05) is 18.8 Å². The van der Waals surface area contributed by atoms with E-state index in [-0.39, 0.29) is 5.82 Å². The van der Waals surface area contributed by atoms with E-state index in [2.05, 4.69) is 10.4 Å². The molecule has 4 nitrogen and oxygen atoms in total. The van der Waals surface area contributed by atoms with E-state index < -0.39 is 0 Å². The molecule has 100 valence electrons. The Morgan fingerprint density at radius 1 is 1.32 bits per heavy atom. The highest BCUT2D eigenvalue weighted by Crippen LogP contribution is 2.26. The normalized spacial score (nSPS) is 16.7. The van der Waals surface area contributed by atoms with E-state index in [4.69, 9.17) is 5.73 Å². The van der Waals surface area contributed by atoms with Gasteiger partial charge in [0.05, 0.1) is 12.2 Å². The second-order valence-corrected chi connectivity index (χ2v) is 4.93. The third-order valence-electron chi connectivity index (χ3n) is 3.59. The average molecular weight is 260 g/mol. The smallest absolute Gasteiger partial charge is 0.133 e. The molecule has 1 fully saturated rings. The molecule has 1 aromatic carbocycles. The topological polar surface area (TPSA) is 55.9 Å². The summed E-state index contributed by atoms with van der Waals surface area (Å²) in [5.41, 5.74) is 7.35. The maximum atomic E-state index is 13.9. The van der Waals surface area contributed by atoms with Gasteiger partial charge in [0.15, 0.2) is 0 Å². The van der Waals surface area contributed by atoms with Crippen LogP contribution in [-0.2, 0) is 0 Å². The molecule has 0 atom stereocenters. The second kappa shape index (κ2) is 5.01. The van der Waals surface area contributed by atoms with Crippen molar-refractivity contribution in [3.05, 3.63) is 36.4 Å². The number of nitrogens with one attached hydrogen (secondary N) is 1. The summed E-state index contributed by atoms with van der Waals surface area (Å²) >= 11 is 0. The third kappa shape index (κ3) is 2.46. The van der Waals surface area contributed by atoms with Gasteiger partial charge in [-0.25, -0.2) is 4.39 Å². The molecule has 3 rings (SSSR count). The first kappa shape index (κ1) is 12.2. The molecule has 1 aliphatic rings. The Kier molecular flexibility index (Phi) is 3.21. The van der Waals surface area contributed by atoms with Gasteiger partial charge in [-0.3, -0.25) is 4.68 Å². The predicted octanol–water partition coefficient (Wildman–Crippen LogP) is 2.20. The molecular weight excluding hydrogens is 243 g/mol. The van der Waals surface area contributed by atoms with E-state index in [0.29, 0.717) is 17.3 Å². The molecule has 5 heteroatoms. The lowest BCUT2D eigenvalue weighted by molar-refractivity contribution is 0.343. The fourth-order valence-corrected chi connectivity index (χ4v) is 2.51. The van der Waals surface area contributed by atoms with Gasteiger partial charge in [-0.1, -0.05) is 0 Å². The maximum absolute atomic E-state index is 13.9. The van der Waals surface area contributed by atoms with Crippen LogP contribution in [0.2, 0.25) is 0 Å². The number of piperidine rings is 1. The summed E-state index contributed by atoms with van der Waals surface area (Å²) in [6, 6.07) is 5.16. The number of hydrogen-bond acceptors (Lipinski definition) is 3. The molecule has 3 N–H and O–H groups in total. The fraction of sp³-hybridized carbons (Fsp3) is 0.357. The van der Waals surface area contributed by atoms with Gasteiger partial charge in [0, 0.05) is 23.0 Å². The molecule has 0 unspecified atom stereocenters. The van der Waals surface area contributed by atoms with Crippen LogP contribution in [0, 0.1) is 5.82 Å². The molecule has 2 heterocycles. The highest BCUT2D eigenvalue weighted by molar-refractivity contribution is 5.65. The van der Waals surface area contributed by atoms with Gasteiger partial charge in [-0.05, 0) is 44.1 Å². The Labute approximate surface area is 111 Å². The van der Waals surface area contributed by atoms with Crippen molar-refractivity contribution in [3.8, 4) is 11.1 Å². The highest BCUT2D eigenvalue weighted by atomic mass is 19.1. The van der Waals surface area contributed by atoms with Crippen LogP contribution in [0.25, 0.3) is 11.1 Å². The van der Waals surface area contributed by atoms with Crippen LogP contribution in [-0.4, -0.2) is 22.9 Å². The van der Waals surface area contributed by atoms with Crippen molar-refractivity contribution in [1.29, 1.82) is 0 Å². The second-order valence-electron chi connectivity index (χ2n) is 4.93. The van der Waals surface area contributed by atoms with Crippen LogP contribution >= 0.6 is 0 Å². The van der Waals surface area contributed by atoms with Crippen molar-refractivity contribution in [2.24, 2.45) is 0 Å². The summed E-state index contributed by atoms with van der Waals surface area (Å²) < 4.78 is 15.8. The van der Waals surface area contributed by atoms with Gasteiger partial charge in [-0.2, -0.15) is 5.10 Å². The van der Waals surface area contributed by atoms with E-state index >= 15 is 0 Å². The van der Waals surface area contributed by atoms with Gasteiger partial charge < -0.3 is 11.1 Å². The minimum atomic E-state index is -0.301. The predicted molar refractivity (Wildman–Crippen MR) is 73.2 cm³/mol. The lowest BCUT2D eigenvalue weighted by Gasteiger charge is -2.22. The quantitative estimate of drug-likeness (QED) is 0.814. The monoisotopic (exact) mass is 260 g/mol. The van der Waals surface area contributed by atoms with Gasteiger partial charge in [0.1, 0.15) is 5.82 Å². The van der Waals surface area contributed by atoms with Gasteiger partial charge >= 0.3 is 0 Å². The van der Waals surface area contributed by atoms with E-state index in [0.717, 1.165) is 31.5 Å². The summed E-state index contributed by atoms with van der Waals surface area (Å²) in [6.07, 6.45) is 5.76. The highest BCUT2D eigenvalue weighted by Gasteiger charge is 2.16. The third-order valence-corrected chi connectivity index (χ3v) is 3.59. The van der Waals surface area contributed by atoms with Crippen molar-refractivity contribution in [3.63, 3.8) is 0 Å². The number of halogens is 1. The summed E-state index contributed by atoms with van der Waals surface area (Å²) in [7, 11) is 0. The van der Waals surface area contributed by atoms with Crippen LogP contribution < -0.4 is 11.1 Å². The Morgan fingerprint density at radius 2 is 2.11 bits per heavy atom. The zero-order valence-electron chi connectivity index (χ0n) is 10.6. The van der Waals surface area contributed by atoms with Gasteiger partial charge in [-0.15, -0.1) is 0 Å². The molecule has 0 amide bonds. The Hall–Kier alpha value is -1.88. The number of benzene rings is 1. The number of aromatic nitrogens is 2. The van der Waals surface area contributed by atoms with Crippen molar-refractivity contribution < 1.29 is 4.39 Å². The average Bonchev–Trinajstić information content (AvgIpc) is 2.89. The molecule has 1 saturated heterocycles. The molecule has 0 bridgehead atoms. The Balaban J connectivity index is 1.87. The SMILES string of the molecule is Nc1ccc(-c2cnn(C3CCNCC3)c2)c(F)c1. The number of nitrogens with two attached hydrogens (primary N) is 1. The minimum absolute atomic E-state index is 0.301. The van der Waals surface area contributed by atoms with Crippen LogP contribution in [0.1, 0.15) is 18.9 Å². The number of hydrogen-bond donors (Lipinski definition) is 2. The van der Waals surface area contributed by atoms with E-state index in [1.165, 1.54) is 6.07 Å². The molecule has 19 heavy (non-hydrogen) atoms. The van der Waals surface area contributed by atoms with Crippen LogP contribution in [0.4, 0.5) is 10.1 Å². The first-order chi connectivity index (χ1) is 9.24. The number of nitrogens with zero attached hydrogens (tertiary/aromatic N) is 2.